The van der Waals surface area contributed by atoms with Crippen molar-refractivity contribution in [1.82, 2.24) is 10.2 Å². The van der Waals surface area contributed by atoms with E-state index in [0.717, 1.165) is 25.9 Å². The van der Waals surface area contributed by atoms with E-state index < -0.39 is 0 Å². The molecule has 0 aromatic carbocycles. The monoisotopic (exact) mass is 225 g/mol. The van der Waals surface area contributed by atoms with Crippen molar-refractivity contribution in [3.8, 4) is 0 Å². The molecule has 0 unspecified atom stereocenters. The molecule has 2 saturated heterocycles. The summed E-state index contributed by atoms with van der Waals surface area (Å²) >= 11 is 0. The molecule has 90 valence electrons. The summed E-state index contributed by atoms with van der Waals surface area (Å²) in [5, 5.41) is 2.72. The normalized spacial score (nSPS) is 26.9. The van der Waals surface area contributed by atoms with Crippen molar-refractivity contribution in [2.24, 2.45) is 11.7 Å². The highest BCUT2D eigenvalue weighted by Crippen LogP contribution is 2.18. The molecule has 2 aliphatic rings. The third kappa shape index (κ3) is 2.35. The summed E-state index contributed by atoms with van der Waals surface area (Å²) in [6, 6.07) is -0.276. The first-order chi connectivity index (χ1) is 7.70. The maximum atomic E-state index is 12.0. The number of nitrogens with zero attached hydrogens (tertiary/aromatic N) is 1. The predicted molar refractivity (Wildman–Crippen MR) is 59.5 cm³/mol. The van der Waals surface area contributed by atoms with Gasteiger partial charge in [-0.1, -0.05) is 0 Å². The lowest BCUT2D eigenvalue weighted by Gasteiger charge is -2.32. The molecule has 2 heterocycles. The number of carbonyl (C=O) groups excluding carboxylic acids is 2. The van der Waals surface area contributed by atoms with E-state index in [1.807, 2.05) is 4.90 Å². The van der Waals surface area contributed by atoms with Gasteiger partial charge in [-0.3, -0.25) is 9.59 Å². The maximum Gasteiger partial charge on any atom is 0.245 e. The lowest BCUT2D eigenvalue weighted by molar-refractivity contribution is -0.135. The van der Waals surface area contributed by atoms with Gasteiger partial charge in [-0.15, -0.1) is 0 Å². The third-order valence-electron chi connectivity index (χ3n) is 3.55. The summed E-state index contributed by atoms with van der Waals surface area (Å²) in [6.07, 6.45) is 3.11. The van der Waals surface area contributed by atoms with Gasteiger partial charge in [0.25, 0.3) is 0 Å². The summed E-state index contributed by atoms with van der Waals surface area (Å²) in [4.78, 5) is 24.9. The Labute approximate surface area is 95.3 Å². The van der Waals surface area contributed by atoms with Gasteiger partial charge in [0, 0.05) is 19.5 Å². The lowest BCUT2D eigenvalue weighted by Crippen LogP contribution is -2.48. The van der Waals surface area contributed by atoms with Gasteiger partial charge in [0.1, 0.15) is 6.04 Å². The highest BCUT2D eigenvalue weighted by atomic mass is 16.2. The van der Waals surface area contributed by atoms with Gasteiger partial charge in [0.15, 0.2) is 0 Å². The van der Waals surface area contributed by atoms with Crippen LogP contribution in [0.1, 0.15) is 25.7 Å². The molecule has 2 rings (SSSR count). The van der Waals surface area contributed by atoms with Gasteiger partial charge < -0.3 is 16.0 Å². The molecule has 0 radical (unpaired) electrons. The Morgan fingerprint density at radius 3 is 2.56 bits per heavy atom. The number of hydrogen-bond donors (Lipinski definition) is 2. The molecule has 0 bridgehead atoms. The zero-order valence-corrected chi connectivity index (χ0v) is 9.45. The molecule has 0 aromatic heterocycles. The number of amides is 2. The van der Waals surface area contributed by atoms with Crippen LogP contribution in [-0.2, 0) is 9.59 Å². The average molecular weight is 225 g/mol. The average Bonchev–Trinajstić information content (AvgIpc) is 2.75. The fraction of sp³-hybridized carbons (Fsp3) is 0.818. The minimum absolute atomic E-state index is 0.00445. The second-order valence-corrected chi connectivity index (χ2v) is 4.66. The van der Waals surface area contributed by atoms with Crippen molar-refractivity contribution in [2.45, 2.75) is 31.7 Å². The van der Waals surface area contributed by atoms with Crippen LogP contribution in [0.25, 0.3) is 0 Å². The quantitative estimate of drug-likeness (QED) is 0.663. The molecule has 2 aliphatic heterocycles. The largest absolute Gasteiger partial charge is 0.344 e. The van der Waals surface area contributed by atoms with Crippen LogP contribution in [0.4, 0.5) is 0 Å². The van der Waals surface area contributed by atoms with Gasteiger partial charge in [0.05, 0.1) is 0 Å². The van der Waals surface area contributed by atoms with E-state index in [0.29, 0.717) is 25.3 Å². The van der Waals surface area contributed by atoms with Crippen molar-refractivity contribution in [2.75, 3.05) is 19.6 Å². The number of nitrogens with two attached hydrogens (primary N) is 1. The number of carbonyl (C=O) groups is 2. The molecule has 0 aliphatic carbocycles. The number of piperidine rings is 1. The van der Waals surface area contributed by atoms with Crippen LogP contribution < -0.4 is 11.1 Å². The summed E-state index contributed by atoms with van der Waals surface area (Å²) < 4.78 is 0. The van der Waals surface area contributed by atoms with Crippen molar-refractivity contribution >= 4 is 11.8 Å². The molecule has 5 nitrogen and oxygen atoms in total. The van der Waals surface area contributed by atoms with E-state index in [1.165, 1.54) is 0 Å². The topological polar surface area (TPSA) is 75.4 Å². The molecule has 16 heavy (non-hydrogen) atoms. The van der Waals surface area contributed by atoms with Crippen LogP contribution in [0.15, 0.2) is 0 Å². The van der Waals surface area contributed by atoms with E-state index in [2.05, 4.69) is 5.32 Å². The zero-order valence-electron chi connectivity index (χ0n) is 9.45. The summed E-state index contributed by atoms with van der Waals surface area (Å²) in [6.45, 7) is 2.28. The highest BCUT2D eigenvalue weighted by molar-refractivity contribution is 5.90. The Morgan fingerprint density at radius 1 is 1.38 bits per heavy atom. The van der Waals surface area contributed by atoms with Crippen LogP contribution >= 0.6 is 0 Å². The summed E-state index contributed by atoms with van der Waals surface area (Å²) in [7, 11) is 0. The predicted octanol–water partition coefficient (Wildman–Crippen LogP) is -0.538. The highest BCUT2D eigenvalue weighted by Gasteiger charge is 2.32. The number of nitrogens with one attached hydrogen (secondary N) is 1. The van der Waals surface area contributed by atoms with E-state index in [-0.39, 0.29) is 17.9 Å². The van der Waals surface area contributed by atoms with Crippen LogP contribution in [0.3, 0.4) is 0 Å². The third-order valence-corrected chi connectivity index (χ3v) is 3.55. The lowest BCUT2D eigenvalue weighted by atomic mass is 9.96. The molecular weight excluding hydrogens is 206 g/mol. The molecule has 2 fully saturated rings. The minimum Gasteiger partial charge on any atom is -0.344 e. The number of likely N-dealkylation sites (tertiary alicyclic amines) is 1. The van der Waals surface area contributed by atoms with E-state index in [4.69, 9.17) is 5.73 Å². The Balaban J connectivity index is 1.84. The Kier molecular flexibility index (Phi) is 3.43. The Hall–Kier alpha value is -1.10. The number of hydrogen-bond acceptors (Lipinski definition) is 3. The number of rotatable bonds is 2. The first-order valence-electron chi connectivity index (χ1n) is 5.99. The first kappa shape index (κ1) is 11.4. The van der Waals surface area contributed by atoms with E-state index in [1.54, 1.807) is 0 Å². The van der Waals surface area contributed by atoms with Crippen LogP contribution in [0.5, 0.6) is 0 Å². The Bertz CT molecular complexity index is 285. The summed E-state index contributed by atoms with van der Waals surface area (Å²) in [5.74, 6) is 0.638. The van der Waals surface area contributed by atoms with Crippen LogP contribution in [0, 0.1) is 5.92 Å². The molecule has 0 aromatic rings. The van der Waals surface area contributed by atoms with Crippen LogP contribution in [0.2, 0.25) is 0 Å². The van der Waals surface area contributed by atoms with Crippen molar-refractivity contribution in [3.63, 3.8) is 0 Å². The minimum atomic E-state index is -0.276. The van der Waals surface area contributed by atoms with Crippen molar-refractivity contribution < 1.29 is 9.59 Å². The zero-order chi connectivity index (χ0) is 11.5. The van der Waals surface area contributed by atoms with Crippen molar-refractivity contribution in [3.05, 3.63) is 0 Å². The second kappa shape index (κ2) is 4.82. The molecular formula is C11H19N3O2. The first-order valence-corrected chi connectivity index (χ1v) is 5.99. The van der Waals surface area contributed by atoms with Gasteiger partial charge in [-0.05, 0) is 31.7 Å². The fourth-order valence-corrected chi connectivity index (χ4v) is 2.41. The molecule has 2 amide bonds. The van der Waals surface area contributed by atoms with E-state index in [9.17, 15) is 9.59 Å². The van der Waals surface area contributed by atoms with Crippen LogP contribution in [-0.4, -0.2) is 42.4 Å². The summed E-state index contributed by atoms with van der Waals surface area (Å²) in [5.41, 5.74) is 5.60. The smallest absolute Gasteiger partial charge is 0.245 e. The molecule has 0 saturated carbocycles. The van der Waals surface area contributed by atoms with Gasteiger partial charge in [-0.25, -0.2) is 0 Å². The van der Waals surface area contributed by atoms with Crippen molar-refractivity contribution in [1.29, 1.82) is 0 Å². The van der Waals surface area contributed by atoms with Gasteiger partial charge in [0.2, 0.25) is 11.8 Å². The molecule has 0 spiro atoms. The van der Waals surface area contributed by atoms with Gasteiger partial charge >= 0.3 is 0 Å². The molecule has 3 N–H and O–H groups in total. The molecule has 5 heteroatoms. The van der Waals surface area contributed by atoms with Gasteiger partial charge in [-0.2, -0.15) is 0 Å². The Morgan fingerprint density at radius 2 is 2.06 bits per heavy atom. The maximum absolute atomic E-state index is 12.0. The fourth-order valence-electron chi connectivity index (χ4n) is 2.41. The van der Waals surface area contributed by atoms with E-state index >= 15 is 0 Å². The second-order valence-electron chi connectivity index (χ2n) is 4.66. The SMILES string of the molecule is NCC1CCN(C(=O)[C@H]2CCC(=O)N2)CC1. The molecule has 1 atom stereocenters. The standard InChI is InChI=1S/C11H19N3O2/c12-7-8-3-5-14(6-4-8)11(16)9-1-2-10(15)13-9/h8-9H,1-7,12H2,(H,13,15)/t9-/m1/s1.